The molecule has 0 saturated carbocycles. The summed E-state index contributed by atoms with van der Waals surface area (Å²) >= 11 is 6.15. The number of rotatable bonds is 3. The number of benzene rings is 1. The van der Waals surface area contributed by atoms with E-state index in [9.17, 15) is 5.11 Å². The van der Waals surface area contributed by atoms with Gasteiger partial charge in [0.2, 0.25) is 0 Å². The lowest BCUT2D eigenvalue weighted by Crippen LogP contribution is -2.41. The van der Waals surface area contributed by atoms with Gasteiger partial charge in [0.15, 0.2) is 0 Å². The Labute approximate surface area is 131 Å². The highest BCUT2D eigenvalue weighted by atomic mass is 35.5. The zero-order valence-electron chi connectivity index (χ0n) is 12.8. The minimum Gasteiger partial charge on any atom is -0.400 e. The van der Waals surface area contributed by atoms with Gasteiger partial charge in [-0.3, -0.25) is 0 Å². The Kier molecular flexibility index (Phi) is 4.40. The van der Waals surface area contributed by atoms with Crippen LogP contribution in [0.15, 0.2) is 23.7 Å². The average molecular weight is 310 g/mol. The minimum atomic E-state index is -0.600. The molecule has 0 amide bonds. The molecule has 0 aliphatic carbocycles. The third-order valence-corrected chi connectivity index (χ3v) is 4.44. The topological polar surface area (TPSA) is 64.7 Å². The Morgan fingerprint density at radius 2 is 1.86 bits per heavy atom. The quantitative estimate of drug-likeness (QED) is 0.665. The van der Waals surface area contributed by atoms with E-state index < -0.39 is 18.3 Å². The molecule has 0 unspecified atom stereocenters. The lowest BCUT2D eigenvalue weighted by atomic mass is 9.77. The van der Waals surface area contributed by atoms with Crippen LogP contribution in [0.25, 0.3) is 6.08 Å². The highest BCUT2D eigenvalue weighted by molar-refractivity contribution is 6.56. The second-order valence-corrected chi connectivity index (χ2v) is 6.65. The molecule has 0 atom stereocenters. The summed E-state index contributed by atoms with van der Waals surface area (Å²) in [4.78, 5) is 0. The van der Waals surface area contributed by atoms with Crippen molar-refractivity contribution in [3.8, 4) is 0 Å². The molecule has 1 heterocycles. The molecule has 0 bridgehead atoms. The van der Waals surface area contributed by atoms with Gasteiger partial charge in [-0.15, -0.1) is 0 Å². The lowest BCUT2D eigenvalue weighted by Gasteiger charge is -2.32. The standard InChI is InChI=1S/C15H21BClNO3/c1-14(2)15(3,4)21-16(20-14)11(9-19)7-10-8-12(18)5-6-13(10)17/h5-8,19H,9,18H2,1-4H3. The maximum absolute atomic E-state index is 9.65. The van der Waals surface area contributed by atoms with Crippen molar-refractivity contribution in [3.05, 3.63) is 34.3 Å². The zero-order valence-corrected chi connectivity index (χ0v) is 13.6. The maximum atomic E-state index is 9.65. The summed E-state index contributed by atoms with van der Waals surface area (Å²) in [6, 6.07) is 5.21. The van der Waals surface area contributed by atoms with E-state index in [1.807, 2.05) is 27.7 Å². The predicted octanol–water partition coefficient (Wildman–Crippen LogP) is 2.93. The molecule has 0 aromatic heterocycles. The van der Waals surface area contributed by atoms with Crippen LogP contribution in [0.5, 0.6) is 0 Å². The van der Waals surface area contributed by atoms with Gasteiger partial charge in [0, 0.05) is 10.7 Å². The molecule has 114 valence electrons. The molecule has 1 fully saturated rings. The number of nitrogens with two attached hydrogens (primary N) is 1. The van der Waals surface area contributed by atoms with Crippen molar-refractivity contribution in [3.63, 3.8) is 0 Å². The van der Waals surface area contributed by atoms with E-state index in [1.165, 1.54) is 0 Å². The highest BCUT2D eigenvalue weighted by Gasteiger charge is 2.52. The summed E-state index contributed by atoms with van der Waals surface area (Å²) in [5.74, 6) is 0. The highest BCUT2D eigenvalue weighted by Crippen LogP contribution is 2.39. The minimum absolute atomic E-state index is 0.179. The number of hydrogen-bond acceptors (Lipinski definition) is 4. The van der Waals surface area contributed by atoms with Crippen LogP contribution in [0.4, 0.5) is 5.69 Å². The van der Waals surface area contributed by atoms with Crippen molar-refractivity contribution in [1.29, 1.82) is 0 Å². The Balaban J connectivity index is 2.33. The van der Waals surface area contributed by atoms with Crippen LogP contribution in [0.1, 0.15) is 33.3 Å². The van der Waals surface area contributed by atoms with Crippen molar-refractivity contribution in [2.45, 2.75) is 38.9 Å². The number of anilines is 1. The van der Waals surface area contributed by atoms with Crippen LogP contribution in [-0.4, -0.2) is 30.0 Å². The van der Waals surface area contributed by atoms with Gasteiger partial charge in [-0.2, -0.15) is 0 Å². The predicted molar refractivity (Wildman–Crippen MR) is 87.0 cm³/mol. The molecule has 4 nitrogen and oxygen atoms in total. The van der Waals surface area contributed by atoms with Gasteiger partial charge in [0.05, 0.1) is 17.8 Å². The third-order valence-electron chi connectivity index (χ3n) is 4.10. The molecule has 0 radical (unpaired) electrons. The fourth-order valence-electron chi connectivity index (χ4n) is 2.06. The van der Waals surface area contributed by atoms with E-state index in [0.29, 0.717) is 16.2 Å². The first-order chi connectivity index (χ1) is 9.66. The van der Waals surface area contributed by atoms with E-state index in [-0.39, 0.29) is 6.61 Å². The van der Waals surface area contributed by atoms with Crippen molar-refractivity contribution in [2.24, 2.45) is 0 Å². The fraction of sp³-hybridized carbons (Fsp3) is 0.467. The van der Waals surface area contributed by atoms with Crippen molar-refractivity contribution < 1.29 is 14.4 Å². The largest absolute Gasteiger partial charge is 0.492 e. The van der Waals surface area contributed by atoms with Gasteiger partial charge in [-0.25, -0.2) is 0 Å². The molecule has 21 heavy (non-hydrogen) atoms. The van der Waals surface area contributed by atoms with Crippen LogP contribution < -0.4 is 5.73 Å². The second kappa shape index (κ2) is 5.65. The first-order valence-corrected chi connectivity index (χ1v) is 7.26. The van der Waals surface area contributed by atoms with Crippen molar-refractivity contribution in [1.82, 2.24) is 0 Å². The van der Waals surface area contributed by atoms with Crippen LogP contribution in [0, 0.1) is 0 Å². The van der Waals surface area contributed by atoms with E-state index in [0.717, 1.165) is 5.56 Å². The molecule has 1 saturated heterocycles. The normalized spacial score (nSPS) is 20.9. The molecule has 1 aromatic rings. The lowest BCUT2D eigenvalue weighted by molar-refractivity contribution is 0.00578. The number of aliphatic hydroxyl groups is 1. The third kappa shape index (κ3) is 3.26. The summed E-state index contributed by atoms with van der Waals surface area (Å²) in [7, 11) is -0.600. The van der Waals surface area contributed by atoms with E-state index in [2.05, 4.69) is 0 Å². The summed E-state index contributed by atoms with van der Waals surface area (Å²) in [5.41, 5.74) is 6.82. The molecular formula is C15H21BClNO3. The van der Waals surface area contributed by atoms with Crippen LogP contribution in [0.3, 0.4) is 0 Å². The van der Waals surface area contributed by atoms with Gasteiger partial charge in [0.25, 0.3) is 0 Å². The zero-order chi connectivity index (χ0) is 15.8. The summed E-state index contributed by atoms with van der Waals surface area (Å²) < 4.78 is 11.9. The summed E-state index contributed by atoms with van der Waals surface area (Å²) in [5, 5.41) is 10.2. The van der Waals surface area contributed by atoms with E-state index in [1.54, 1.807) is 24.3 Å². The van der Waals surface area contributed by atoms with Gasteiger partial charge >= 0.3 is 7.12 Å². The first-order valence-electron chi connectivity index (χ1n) is 6.88. The van der Waals surface area contributed by atoms with Gasteiger partial charge in [0.1, 0.15) is 0 Å². The molecule has 0 spiro atoms. The van der Waals surface area contributed by atoms with Gasteiger partial charge < -0.3 is 20.1 Å². The maximum Gasteiger partial charge on any atom is 0.492 e. The van der Waals surface area contributed by atoms with Crippen LogP contribution >= 0.6 is 11.6 Å². The SMILES string of the molecule is CC1(C)OB(C(=Cc2cc(N)ccc2Cl)CO)OC1(C)C. The van der Waals surface area contributed by atoms with E-state index >= 15 is 0 Å². The number of halogens is 1. The second-order valence-electron chi connectivity index (χ2n) is 6.25. The van der Waals surface area contributed by atoms with Crippen molar-refractivity contribution in [2.75, 3.05) is 12.3 Å². The van der Waals surface area contributed by atoms with Crippen LogP contribution in [0.2, 0.25) is 5.02 Å². The Morgan fingerprint density at radius 1 is 1.29 bits per heavy atom. The average Bonchev–Trinajstić information content (AvgIpc) is 2.59. The fourth-order valence-corrected chi connectivity index (χ4v) is 2.23. The Hall–Kier alpha value is -1.01. The van der Waals surface area contributed by atoms with Gasteiger partial charge in [-0.05, 0) is 56.9 Å². The van der Waals surface area contributed by atoms with Gasteiger partial charge in [-0.1, -0.05) is 17.7 Å². The molecule has 6 heteroatoms. The van der Waals surface area contributed by atoms with Crippen molar-refractivity contribution >= 4 is 30.5 Å². The smallest absolute Gasteiger partial charge is 0.400 e. The molecule has 1 aliphatic rings. The number of aliphatic hydroxyl groups excluding tert-OH is 1. The molecule has 3 N–H and O–H groups in total. The summed E-state index contributed by atoms with van der Waals surface area (Å²) in [6.07, 6.45) is 1.76. The molecule has 1 aromatic carbocycles. The molecular weight excluding hydrogens is 288 g/mol. The Bertz CT molecular complexity index is 556. The summed E-state index contributed by atoms with van der Waals surface area (Å²) in [6.45, 7) is 7.69. The Morgan fingerprint density at radius 3 is 2.38 bits per heavy atom. The van der Waals surface area contributed by atoms with Crippen LogP contribution in [-0.2, 0) is 9.31 Å². The molecule has 2 rings (SSSR count). The first kappa shape index (κ1) is 16.4. The number of nitrogen functional groups attached to an aromatic ring is 1. The monoisotopic (exact) mass is 309 g/mol. The molecule has 1 aliphatic heterocycles. The number of hydrogen-bond donors (Lipinski definition) is 2. The van der Waals surface area contributed by atoms with E-state index in [4.69, 9.17) is 26.6 Å².